The Labute approximate surface area is 116 Å². The number of ether oxygens (including phenoxy) is 1. The van der Waals surface area contributed by atoms with E-state index in [4.69, 9.17) is 10.5 Å². The van der Waals surface area contributed by atoms with Crippen LogP contribution in [0.2, 0.25) is 0 Å². The molecule has 0 aliphatic carbocycles. The second-order valence-electron chi connectivity index (χ2n) is 5.02. The van der Waals surface area contributed by atoms with Gasteiger partial charge in [-0.15, -0.1) is 0 Å². The number of hydrogen-bond donors (Lipinski definition) is 1. The molecule has 0 bridgehead atoms. The SMILES string of the molecule is CC1Cc2cc(C(=O)c3cc(F)ccc3N)ccc2O1. The topological polar surface area (TPSA) is 52.3 Å². The monoisotopic (exact) mass is 271 g/mol. The van der Waals surface area contributed by atoms with Gasteiger partial charge in [-0.25, -0.2) is 4.39 Å². The fraction of sp³-hybridized carbons (Fsp3) is 0.188. The van der Waals surface area contributed by atoms with Crippen molar-refractivity contribution in [2.75, 3.05) is 5.73 Å². The van der Waals surface area contributed by atoms with Crippen LogP contribution in [-0.4, -0.2) is 11.9 Å². The Morgan fingerprint density at radius 2 is 2.10 bits per heavy atom. The van der Waals surface area contributed by atoms with Crippen molar-refractivity contribution < 1.29 is 13.9 Å². The van der Waals surface area contributed by atoms with Gasteiger partial charge in [0.15, 0.2) is 5.78 Å². The van der Waals surface area contributed by atoms with E-state index in [9.17, 15) is 9.18 Å². The first-order valence-corrected chi connectivity index (χ1v) is 6.44. The summed E-state index contributed by atoms with van der Waals surface area (Å²) >= 11 is 0. The minimum atomic E-state index is -0.472. The van der Waals surface area contributed by atoms with Crippen molar-refractivity contribution in [1.82, 2.24) is 0 Å². The van der Waals surface area contributed by atoms with Gasteiger partial charge in [0.25, 0.3) is 0 Å². The number of carbonyl (C=O) groups is 1. The molecule has 0 saturated carbocycles. The maximum Gasteiger partial charge on any atom is 0.195 e. The van der Waals surface area contributed by atoms with Gasteiger partial charge in [-0.3, -0.25) is 4.79 Å². The summed E-state index contributed by atoms with van der Waals surface area (Å²) < 4.78 is 18.9. The lowest BCUT2D eigenvalue weighted by molar-refractivity contribution is 0.103. The summed E-state index contributed by atoms with van der Waals surface area (Å²) in [6.07, 6.45) is 0.893. The van der Waals surface area contributed by atoms with E-state index < -0.39 is 5.82 Å². The Bertz CT molecular complexity index is 697. The van der Waals surface area contributed by atoms with Crippen molar-refractivity contribution in [3.05, 3.63) is 58.9 Å². The number of nitrogens with two attached hydrogens (primary N) is 1. The van der Waals surface area contributed by atoms with E-state index >= 15 is 0 Å². The highest BCUT2D eigenvalue weighted by molar-refractivity contribution is 6.12. The number of halogens is 1. The molecule has 0 fully saturated rings. The summed E-state index contributed by atoms with van der Waals surface area (Å²) in [7, 11) is 0. The summed E-state index contributed by atoms with van der Waals surface area (Å²) in [6, 6.07) is 9.08. The average Bonchev–Trinajstić information content (AvgIpc) is 2.79. The quantitative estimate of drug-likeness (QED) is 0.675. The number of ketones is 1. The smallest absolute Gasteiger partial charge is 0.195 e. The van der Waals surface area contributed by atoms with Crippen molar-refractivity contribution in [3.8, 4) is 5.75 Å². The van der Waals surface area contributed by atoms with E-state index in [1.807, 2.05) is 6.92 Å². The van der Waals surface area contributed by atoms with Gasteiger partial charge in [-0.05, 0) is 48.9 Å². The third-order valence-electron chi connectivity index (χ3n) is 3.42. The second-order valence-corrected chi connectivity index (χ2v) is 5.02. The average molecular weight is 271 g/mol. The van der Waals surface area contributed by atoms with Gasteiger partial charge < -0.3 is 10.5 Å². The molecule has 102 valence electrons. The molecule has 1 atom stereocenters. The van der Waals surface area contributed by atoms with E-state index in [2.05, 4.69) is 0 Å². The van der Waals surface area contributed by atoms with Crippen molar-refractivity contribution in [2.45, 2.75) is 19.4 Å². The Balaban J connectivity index is 1.99. The normalized spacial score (nSPS) is 16.6. The summed E-state index contributed by atoms with van der Waals surface area (Å²) in [6.45, 7) is 1.98. The van der Waals surface area contributed by atoms with Crippen LogP contribution in [-0.2, 0) is 6.42 Å². The number of fused-ring (bicyclic) bond motifs is 1. The largest absolute Gasteiger partial charge is 0.490 e. The zero-order valence-corrected chi connectivity index (χ0v) is 11.0. The molecule has 3 rings (SSSR count). The molecule has 1 aliphatic heterocycles. The van der Waals surface area contributed by atoms with Gasteiger partial charge in [0.1, 0.15) is 17.7 Å². The van der Waals surface area contributed by atoms with Crippen LogP contribution >= 0.6 is 0 Å². The molecule has 2 aromatic rings. The third kappa shape index (κ3) is 2.13. The number of nitrogen functional groups attached to an aromatic ring is 1. The zero-order valence-electron chi connectivity index (χ0n) is 11.0. The molecule has 1 aliphatic rings. The lowest BCUT2D eigenvalue weighted by Gasteiger charge is -2.06. The standard InChI is InChI=1S/C16H14FNO2/c1-9-6-11-7-10(2-5-15(11)20-9)16(19)13-8-12(17)3-4-14(13)18/h2-5,7-9H,6,18H2,1H3. The lowest BCUT2D eigenvalue weighted by Crippen LogP contribution is -2.06. The van der Waals surface area contributed by atoms with Crippen LogP contribution < -0.4 is 10.5 Å². The van der Waals surface area contributed by atoms with Crippen molar-refractivity contribution in [3.63, 3.8) is 0 Å². The van der Waals surface area contributed by atoms with Crippen LogP contribution in [0.25, 0.3) is 0 Å². The Morgan fingerprint density at radius 1 is 1.30 bits per heavy atom. The molecule has 0 amide bonds. The predicted molar refractivity (Wildman–Crippen MR) is 74.5 cm³/mol. The van der Waals surface area contributed by atoms with Crippen molar-refractivity contribution >= 4 is 11.5 Å². The van der Waals surface area contributed by atoms with E-state index in [1.54, 1.807) is 18.2 Å². The second kappa shape index (κ2) is 4.63. The van der Waals surface area contributed by atoms with Crippen molar-refractivity contribution in [2.24, 2.45) is 0 Å². The maximum atomic E-state index is 13.3. The summed E-state index contributed by atoms with van der Waals surface area (Å²) in [5.41, 5.74) is 7.72. The fourth-order valence-electron chi connectivity index (χ4n) is 2.44. The van der Waals surface area contributed by atoms with E-state index in [1.165, 1.54) is 18.2 Å². The molecule has 0 aromatic heterocycles. The zero-order chi connectivity index (χ0) is 14.3. The lowest BCUT2D eigenvalue weighted by atomic mass is 9.98. The summed E-state index contributed by atoms with van der Waals surface area (Å²) in [4.78, 5) is 12.4. The number of carbonyl (C=O) groups excluding carboxylic acids is 1. The first-order chi connectivity index (χ1) is 9.54. The Kier molecular flexibility index (Phi) is 2.93. The number of benzene rings is 2. The van der Waals surface area contributed by atoms with E-state index in [0.717, 1.165) is 17.7 Å². The van der Waals surface area contributed by atoms with Crippen LogP contribution in [0, 0.1) is 5.82 Å². The Hall–Kier alpha value is -2.36. The highest BCUT2D eigenvalue weighted by Crippen LogP contribution is 2.30. The molecule has 4 heteroatoms. The first kappa shape index (κ1) is 12.7. The summed E-state index contributed by atoms with van der Waals surface area (Å²) in [5, 5.41) is 0. The molecule has 0 radical (unpaired) electrons. The van der Waals surface area contributed by atoms with Gasteiger partial charge in [0.2, 0.25) is 0 Å². The minimum Gasteiger partial charge on any atom is -0.490 e. The molecule has 2 N–H and O–H groups in total. The minimum absolute atomic E-state index is 0.120. The molecular weight excluding hydrogens is 257 g/mol. The first-order valence-electron chi connectivity index (χ1n) is 6.44. The van der Waals surface area contributed by atoms with Crippen LogP contribution in [0.15, 0.2) is 36.4 Å². The number of rotatable bonds is 2. The fourth-order valence-corrected chi connectivity index (χ4v) is 2.44. The van der Waals surface area contributed by atoms with Gasteiger partial charge in [0, 0.05) is 23.2 Å². The Morgan fingerprint density at radius 3 is 2.90 bits per heavy atom. The molecule has 1 heterocycles. The molecule has 1 unspecified atom stereocenters. The van der Waals surface area contributed by atoms with Crippen molar-refractivity contribution in [1.29, 1.82) is 0 Å². The van der Waals surface area contributed by atoms with Gasteiger partial charge in [-0.1, -0.05) is 0 Å². The highest BCUT2D eigenvalue weighted by Gasteiger charge is 2.21. The van der Waals surface area contributed by atoms with Gasteiger partial charge in [0.05, 0.1) is 0 Å². The predicted octanol–water partition coefficient (Wildman–Crippen LogP) is 2.96. The van der Waals surface area contributed by atoms with E-state index in [0.29, 0.717) is 5.56 Å². The molecule has 20 heavy (non-hydrogen) atoms. The van der Waals surface area contributed by atoms with Gasteiger partial charge in [-0.2, -0.15) is 0 Å². The van der Waals surface area contributed by atoms with Gasteiger partial charge >= 0.3 is 0 Å². The van der Waals surface area contributed by atoms with E-state index in [-0.39, 0.29) is 23.1 Å². The van der Waals surface area contributed by atoms with Crippen LogP contribution in [0.3, 0.4) is 0 Å². The number of hydrogen-bond acceptors (Lipinski definition) is 3. The third-order valence-corrected chi connectivity index (χ3v) is 3.42. The molecule has 2 aromatic carbocycles. The number of anilines is 1. The molecule has 0 spiro atoms. The van der Waals surface area contributed by atoms with Crippen LogP contribution in [0.5, 0.6) is 5.75 Å². The highest BCUT2D eigenvalue weighted by atomic mass is 19.1. The maximum absolute atomic E-state index is 13.3. The molecule has 3 nitrogen and oxygen atoms in total. The molecule has 0 saturated heterocycles. The van der Waals surface area contributed by atoms with Crippen LogP contribution in [0.1, 0.15) is 28.4 Å². The van der Waals surface area contributed by atoms with Crippen LogP contribution in [0.4, 0.5) is 10.1 Å². The summed E-state index contributed by atoms with van der Waals surface area (Å²) in [5.74, 6) is 0.0614. The molecular formula is C16H14FNO2.